The molecule has 0 radical (unpaired) electrons. The third-order valence-corrected chi connectivity index (χ3v) is 2.72. The first-order chi connectivity index (χ1) is 8.78. The summed E-state index contributed by atoms with van der Waals surface area (Å²) in [5.74, 6) is 0. The highest BCUT2D eigenvalue weighted by molar-refractivity contribution is 5.39. The number of rotatable bonds is 5. The first-order valence-electron chi connectivity index (χ1n) is 5.89. The molecule has 0 spiro atoms. The molecule has 0 heterocycles. The van der Waals surface area contributed by atoms with Crippen molar-refractivity contribution in [1.29, 1.82) is 0 Å². The molecule has 2 aromatic carbocycles. The van der Waals surface area contributed by atoms with Crippen LogP contribution in [0.4, 0.5) is 5.69 Å². The molecule has 3 heteroatoms. The molecule has 0 saturated carbocycles. The van der Waals surface area contributed by atoms with E-state index in [1.807, 2.05) is 48.5 Å². The molecule has 0 bridgehead atoms. The molecular formula is C15H17NO2. The Balaban J connectivity index is 1.82. The fourth-order valence-corrected chi connectivity index (χ4v) is 1.64. The van der Waals surface area contributed by atoms with Gasteiger partial charge in [0.2, 0.25) is 0 Å². The molecule has 0 unspecified atom stereocenters. The van der Waals surface area contributed by atoms with E-state index < -0.39 is 0 Å². The van der Waals surface area contributed by atoms with Gasteiger partial charge in [-0.05, 0) is 28.8 Å². The van der Waals surface area contributed by atoms with E-state index in [0.717, 1.165) is 22.4 Å². The van der Waals surface area contributed by atoms with Crippen LogP contribution in [-0.2, 0) is 24.6 Å². The second-order valence-corrected chi connectivity index (χ2v) is 4.21. The number of hydrogen-bond acceptors (Lipinski definition) is 3. The van der Waals surface area contributed by atoms with E-state index in [4.69, 9.17) is 15.6 Å². The van der Waals surface area contributed by atoms with Gasteiger partial charge in [0, 0.05) is 5.69 Å². The summed E-state index contributed by atoms with van der Waals surface area (Å²) in [6.07, 6.45) is 0. The minimum absolute atomic E-state index is 0.0760. The molecule has 0 aliphatic carbocycles. The van der Waals surface area contributed by atoms with Gasteiger partial charge in [-0.25, -0.2) is 0 Å². The van der Waals surface area contributed by atoms with Crippen molar-refractivity contribution in [2.75, 3.05) is 5.73 Å². The van der Waals surface area contributed by atoms with Crippen LogP contribution in [0.1, 0.15) is 16.7 Å². The van der Waals surface area contributed by atoms with Gasteiger partial charge >= 0.3 is 0 Å². The lowest BCUT2D eigenvalue weighted by atomic mass is 10.1. The van der Waals surface area contributed by atoms with E-state index >= 15 is 0 Å². The van der Waals surface area contributed by atoms with Crippen LogP contribution in [0, 0.1) is 0 Å². The van der Waals surface area contributed by atoms with E-state index in [2.05, 4.69) is 0 Å². The average Bonchev–Trinajstić information content (AvgIpc) is 2.42. The predicted molar refractivity (Wildman–Crippen MR) is 71.7 cm³/mol. The fourth-order valence-electron chi connectivity index (χ4n) is 1.64. The van der Waals surface area contributed by atoms with E-state index in [1.54, 1.807) is 0 Å². The van der Waals surface area contributed by atoms with E-state index in [0.29, 0.717) is 13.2 Å². The third-order valence-electron chi connectivity index (χ3n) is 2.72. The van der Waals surface area contributed by atoms with Crippen molar-refractivity contribution in [3.05, 3.63) is 65.2 Å². The summed E-state index contributed by atoms with van der Waals surface area (Å²) in [4.78, 5) is 0. The Morgan fingerprint density at radius 3 is 1.72 bits per heavy atom. The van der Waals surface area contributed by atoms with Crippen LogP contribution < -0.4 is 5.73 Å². The van der Waals surface area contributed by atoms with Gasteiger partial charge in [-0.2, -0.15) is 0 Å². The SMILES string of the molecule is Nc1ccc(COCc2ccc(CO)cc2)cc1. The van der Waals surface area contributed by atoms with E-state index in [-0.39, 0.29) is 6.61 Å². The maximum Gasteiger partial charge on any atom is 0.0721 e. The van der Waals surface area contributed by atoms with Crippen LogP contribution in [0.3, 0.4) is 0 Å². The number of nitrogen functional groups attached to an aromatic ring is 1. The summed E-state index contributed by atoms with van der Waals surface area (Å²) in [5.41, 5.74) is 9.50. The predicted octanol–water partition coefficient (Wildman–Crippen LogP) is 2.48. The normalized spacial score (nSPS) is 10.5. The smallest absolute Gasteiger partial charge is 0.0721 e. The lowest BCUT2D eigenvalue weighted by molar-refractivity contribution is 0.107. The van der Waals surface area contributed by atoms with Gasteiger partial charge in [0.15, 0.2) is 0 Å². The quantitative estimate of drug-likeness (QED) is 0.793. The molecule has 94 valence electrons. The van der Waals surface area contributed by atoms with Crippen LogP contribution >= 0.6 is 0 Å². The summed E-state index contributed by atoms with van der Waals surface area (Å²) >= 11 is 0. The minimum Gasteiger partial charge on any atom is -0.399 e. The topological polar surface area (TPSA) is 55.5 Å². The van der Waals surface area contributed by atoms with Crippen molar-refractivity contribution < 1.29 is 9.84 Å². The Morgan fingerprint density at radius 2 is 1.22 bits per heavy atom. The standard InChI is InChI=1S/C15H17NO2/c16-15-7-5-14(6-8-15)11-18-10-13-3-1-12(9-17)2-4-13/h1-8,17H,9-11,16H2. The lowest BCUT2D eigenvalue weighted by Gasteiger charge is -2.05. The van der Waals surface area contributed by atoms with Gasteiger partial charge in [0.25, 0.3) is 0 Å². The molecule has 0 aliphatic heterocycles. The van der Waals surface area contributed by atoms with Crippen LogP contribution in [-0.4, -0.2) is 5.11 Å². The molecule has 0 saturated heterocycles. The highest BCUT2D eigenvalue weighted by Crippen LogP contribution is 2.09. The maximum atomic E-state index is 8.93. The monoisotopic (exact) mass is 243 g/mol. The van der Waals surface area contributed by atoms with Crippen molar-refractivity contribution in [3.8, 4) is 0 Å². The Morgan fingerprint density at radius 1 is 0.778 bits per heavy atom. The Labute approximate surface area is 107 Å². The van der Waals surface area contributed by atoms with Gasteiger partial charge in [0.1, 0.15) is 0 Å². The van der Waals surface area contributed by atoms with Crippen molar-refractivity contribution in [2.45, 2.75) is 19.8 Å². The molecule has 0 aromatic heterocycles. The number of anilines is 1. The van der Waals surface area contributed by atoms with E-state index in [1.165, 1.54) is 0 Å². The molecule has 0 aliphatic rings. The highest BCUT2D eigenvalue weighted by atomic mass is 16.5. The maximum absolute atomic E-state index is 8.93. The second-order valence-electron chi connectivity index (χ2n) is 4.21. The molecule has 3 nitrogen and oxygen atoms in total. The fraction of sp³-hybridized carbons (Fsp3) is 0.200. The molecular weight excluding hydrogens is 226 g/mol. The minimum atomic E-state index is 0.0760. The van der Waals surface area contributed by atoms with Crippen molar-refractivity contribution >= 4 is 5.69 Å². The van der Waals surface area contributed by atoms with E-state index in [9.17, 15) is 0 Å². The molecule has 0 fully saturated rings. The van der Waals surface area contributed by atoms with Gasteiger partial charge in [-0.3, -0.25) is 0 Å². The van der Waals surface area contributed by atoms with Gasteiger partial charge in [0.05, 0.1) is 19.8 Å². The first kappa shape index (κ1) is 12.6. The molecule has 18 heavy (non-hydrogen) atoms. The van der Waals surface area contributed by atoms with Crippen molar-refractivity contribution in [2.24, 2.45) is 0 Å². The summed E-state index contributed by atoms with van der Waals surface area (Å²) < 4.78 is 5.62. The number of ether oxygens (including phenoxy) is 1. The number of benzene rings is 2. The zero-order chi connectivity index (χ0) is 12.8. The van der Waals surface area contributed by atoms with Gasteiger partial charge < -0.3 is 15.6 Å². The van der Waals surface area contributed by atoms with Crippen LogP contribution in [0.5, 0.6) is 0 Å². The Hall–Kier alpha value is -1.84. The zero-order valence-corrected chi connectivity index (χ0v) is 10.2. The largest absolute Gasteiger partial charge is 0.399 e. The van der Waals surface area contributed by atoms with Crippen molar-refractivity contribution in [3.63, 3.8) is 0 Å². The molecule has 0 atom stereocenters. The highest BCUT2D eigenvalue weighted by Gasteiger charge is 1.96. The summed E-state index contributed by atoms with van der Waals surface area (Å²) in [6, 6.07) is 15.4. The molecule has 2 rings (SSSR count). The van der Waals surface area contributed by atoms with Crippen LogP contribution in [0.25, 0.3) is 0 Å². The lowest BCUT2D eigenvalue weighted by Crippen LogP contribution is -1.95. The zero-order valence-electron chi connectivity index (χ0n) is 10.2. The second kappa shape index (κ2) is 6.19. The summed E-state index contributed by atoms with van der Waals surface area (Å²) in [6.45, 7) is 1.21. The number of aliphatic hydroxyl groups is 1. The first-order valence-corrected chi connectivity index (χ1v) is 5.89. The molecule has 3 N–H and O–H groups in total. The average molecular weight is 243 g/mol. The van der Waals surface area contributed by atoms with Crippen molar-refractivity contribution in [1.82, 2.24) is 0 Å². The molecule has 0 amide bonds. The Bertz CT molecular complexity index is 477. The third kappa shape index (κ3) is 3.58. The summed E-state index contributed by atoms with van der Waals surface area (Å²) in [7, 11) is 0. The number of nitrogens with two attached hydrogens (primary N) is 1. The van der Waals surface area contributed by atoms with Gasteiger partial charge in [-0.15, -0.1) is 0 Å². The Kier molecular flexibility index (Phi) is 4.34. The van der Waals surface area contributed by atoms with Gasteiger partial charge in [-0.1, -0.05) is 36.4 Å². The number of hydrogen-bond donors (Lipinski definition) is 2. The molecule has 2 aromatic rings. The van der Waals surface area contributed by atoms with Crippen LogP contribution in [0.15, 0.2) is 48.5 Å². The summed E-state index contributed by atoms with van der Waals surface area (Å²) in [5, 5.41) is 8.93. The van der Waals surface area contributed by atoms with Crippen LogP contribution in [0.2, 0.25) is 0 Å². The number of aliphatic hydroxyl groups excluding tert-OH is 1.